The molecule has 3 nitrogen and oxygen atoms in total. The summed E-state index contributed by atoms with van der Waals surface area (Å²) in [5.41, 5.74) is 4.67. The fraction of sp³-hybridized carbons (Fsp3) is 0.350. The van der Waals surface area contributed by atoms with Crippen LogP contribution in [0.4, 0.5) is 5.69 Å². The predicted octanol–water partition coefficient (Wildman–Crippen LogP) is 3.92. The van der Waals surface area contributed by atoms with Crippen molar-refractivity contribution < 1.29 is 9.53 Å². The van der Waals surface area contributed by atoms with E-state index in [0.717, 1.165) is 42.8 Å². The Morgan fingerprint density at radius 1 is 1.22 bits per heavy atom. The molecule has 0 saturated heterocycles. The largest absolute Gasteiger partial charge is 0.496 e. The number of methoxy groups -OCH3 is 1. The summed E-state index contributed by atoms with van der Waals surface area (Å²) in [6, 6.07) is 14.4. The third kappa shape index (κ3) is 3.39. The number of ether oxygens (including phenoxy) is 1. The number of hydrogen-bond acceptors (Lipinski definition) is 2. The van der Waals surface area contributed by atoms with E-state index in [1.807, 2.05) is 36.1 Å². The van der Waals surface area contributed by atoms with Gasteiger partial charge in [0.05, 0.1) is 7.11 Å². The van der Waals surface area contributed by atoms with Crippen molar-refractivity contribution in [2.24, 2.45) is 0 Å². The maximum absolute atomic E-state index is 12.6. The highest BCUT2D eigenvalue weighted by molar-refractivity contribution is 5.94. The third-order valence-electron chi connectivity index (χ3n) is 4.50. The van der Waals surface area contributed by atoms with Crippen molar-refractivity contribution in [2.75, 3.05) is 18.6 Å². The molecule has 120 valence electrons. The van der Waals surface area contributed by atoms with Crippen LogP contribution in [0.25, 0.3) is 0 Å². The molecular formula is C20H23NO2. The van der Waals surface area contributed by atoms with Crippen molar-refractivity contribution in [2.45, 2.75) is 32.6 Å². The molecule has 2 aromatic rings. The number of carbonyl (C=O) groups is 1. The second kappa shape index (κ2) is 6.86. The van der Waals surface area contributed by atoms with E-state index in [1.165, 1.54) is 11.1 Å². The number of aryl methyl sites for hydroxylation is 3. The minimum absolute atomic E-state index is 0.214. The van der Waals surface area contributed by atoms with Crippen LogP contribution in [0.1, 0.15) is 29.5 Å². The molecule has 0 bridgehead atoms. The molecule has 0 aromatic heterocycles. The SMILES string of the molecule is COc1ccc(CCC(=O)N2CCCc3ccccc32)cc1C. The van der Waals surface area contributed by atoms with Crippen molar-refractivity contribution in [1.29, 1.82) is 0 Å². The fourth-order valence-corrected chi connectivity index (χ4v) is 3.27. The Balaban J connectivity index is 1.67. The van der Waals surface area contributed by atoms with E-state index in [-0.39, 0.29) is 5.91 Å². The van der Waals surface area contributed by atoms with Crippen LogP contribution in [0.3, 0.4) is 0 Å². The maximum atomic E-state index is 12.6. The van der Waals surface area contributed by atoms with Crippen molar-refractivity contribution >= 4 is 11.6 Å². The minimum Gasteiger partial charge on any atom is -0.496 e. The minimum atomic E-state index is 0.214. The summed E-state index contributed by atoms with van der Waals surface area (Å²) < 4.78 is 5.28. The highest BCUT2D eigenvalue weighted by Gasteiger charge is 2.21. The van der Waals surface area contributed by atoms with Crippen LogP contribution < -0.4 is 9.64 Å². The van der Waals surface area contributed by atoms with Crippen LogP contribution >= 0.6 is 0 Å². The molecule has 3 heteroatoms. The van der Waals surface area contributed by atoms with E-state index >= 15 is 0 Å². The average Bonchev–Trinajstić information content (AvgIpc) is 2.59. The lowest BCUT2D eigenvalue weighted by Gasteiger charge is -2.29. The first-order valence-corrected chi connectivity index (χ1v) is 8.21. The normalized spacial score (nSPS) is 13.6. The average molecular weight is 309 g/mol. The Bertz CT molecular complexity index is 709. The molecule has 0 radical (unpaired) electrons. The van der Waals surface area contributed by atoms with Gasteiger partial charge in [0, 0.05) is 18.7 Å². The number of anilines is 1. The molecule has 0 aliphatic carbocycles. The van der Waals surface area contributed by atoms with Gasteiger partial charge in [-0.1, -0.05) is 30.3 Å². The van der Waals surface area contributed by atoms with E-state index in [2.05, 4.69) is 18.2 Å². The molecule has 3 rings (SSSR count). The second-order valence-corrected chi connectivity index (χ2v) is 6.08. The highest BCUT2D eigenvalue weighted by atomic mass is 16.5. The van der Waals surface area contributed by atoms with Gasteiger partial charge in [-0.2, -0.15) is 0 Å². The fourth-order valence-electron chi connectivity index (χ4n) is 3.27. The van der Waals surface area contributed by atoms with Crippen LogP contribution in [0.15, 0.2) is 42.5 Å². The first kappa shape index (κ1) is 15.6. The van der Waals surface area contributed by atoms with Crippen LogP contribution in [-0.2, 0) is 17.6 Å². The summed E-state index contributed by atoms with van der Waals surface area (Å²) in [6.07, 6.45) is 3.42. The summed E-state index contributed by atoms with van der Waals surface area (Å²) in [6.45, 7) is 2.86. The second-order valence-electron chi connectivity index (χ2n) is 6.08. The summed E-state index contributed by atoms with van der Waals surface area (Å²) >= 11 is 0. The highest BCUT2D eigenvalue weighted by Crippen LogP contribution is 2.27. The number of hydrogen-bond donors (Lipinski definition) is 0. The number of benzene rings is 2. The first-order chi connectivity index (χ1) is 11.2. The smallest absolute Gasteiger partial charge is 0.227 e. The Morgan fingerprint density at radius 2 is 2.04 bits per heavy atom. The van der Waals surface area contributed by atoms with Gasteiger partial charge in [-0.3, -0.25) is 4.79 Å². The van der Waals surface area contributed by atoms with Crippen LogP contribution in [-0.4, -0.2) is 19.6 Å². The molecule has 23 heavy (non-hydrogen) atoms. The summed E-state index contributed by atoms with van der Waals surface area (Å²) in [5.74, 6) is 1.11. The number of carbonyl (C=O) groups excluding carboxylic acids is 1. The summed E-state index contributed by atoms with van der Waals surface area (Å²) in [7, 11) is 1.68. The first-order valence-electron chi connectivity index (χ1n) is 8.21. The molecule has 0 saturated carbocycles. The topological polar surface area (TPSA) is 29.5 Å². The lowest BCUT2D eigenvalue weighted by Crippen LogP contribution is -2.35. The van der Waals surface area contributed by atoms with Crippen molar-refractivity contribution in [3.8, 4) is 5.75 Å². The van der Waals surface area contributed by atoms with E-state index in [4.69, 9.17) is 4.74 Å². The molecule has 1 amide bonds. The van der Waals surface area contributed by atoms with E-state index < -0.39 is 0 Å². The molecule has 1 aliphatic heterocycles. The Morgan fingerprint density at radius 3 is 2.83 bits per heavy atom. The molecule has 0 atom stereocenters. The molecule has 0 unspecified atom stereocenters. The molecule has 0 spiro atoms. The molecule has 1 heterocycles. The predicted molar refractivity (Wildman–Crippen MR) is 93.2 cm³/mol. The quantitative estimate of drug-likeness (QED) is 0.857. The van der Waals surface area contributed by atoms with E-state index in [9.17, 15) is 4.79 Å². The standard InChI is InChI=1S/C20H23NO2/c1-15-14-16(9-11-19(15)23-2)10-12-20(22)21-13-5-7-17-6-3-4-8-18(17)21/h3-4,6,8-9,11,14H,5,7,10,12-13H2,1-2H3. The number of rotatable bonds is 4. The van der Waals surface area contributed by atoms with Crippen LogP contribution in [0, 0.1) is 6.92 Å². The molecule has 2 aromatic carbocycles. The number of amides is 1. The number of nitrogens with zero attached hydrogens (tertiary/aromatic N) is 1. The summed E-state index contributed by atoms with van der Waals surface area (Å²) in [5, 5.41) is 0. The van der Waals surface area contributed by atoms with Gasteiger partial charge in [0.15, 0.2) is 0 Å². The van der Waals surface area contributed by atoms with Gasteiger partial charge in [-0.15, -0.1) is 0 Å². The monoisotopic (exact) mass is 309 g/mol. The van der Waals surface area contributed by atoms with Gasteiger partial charge in [-0.25, -0.2) is 0 Å². The molecule has 0 N–H and O–H groups in total. The van der Waals surface area contributed by atoms with Crippen molar-refractivity contribution in [3.63, 3.8) is 0 Å². The lowest BCUT2D eigenvalue weighted by atomic mass is 10.0. The Hall–Kier alpha value is -2.29. The zero-order chi connectivity index (χ0) is 16.2. The van der Waals surface area contributed by atoms with Gasteiger partial charge in [-0.05, 0) is 55.0 Å². The lowest BCUT2D eigenvalue weighted by molar-refractivity contribution is -0.118. The zero-order valence-corrected chi connectivity index (χ0v) is 13.8. The van der Waals surface area contributed by atoms with Crippen LogP contribution in [0.2, 0.25) is 0 Å². The maximum Gasteiger partial charge on any atom is 0.227 e. The summed E-state index contributed by atoms with van der Waals surface area (Å²) in [4.78, 5) is 14.6. The van der Waals surface area contributed by atoms with Crippen LogP contribution in [0.5, 0.6) is 5.75 Å². The molecular weight excluding hydrogens is 286 g/mol. The van der Waals surface area contributed by atoms with Gasteiger partial charge in [0.1, 0.15) is 5.75 Å². The van der Waals surface area contributed by atoms with Crippen molar-refractivity contribution in [1.82, 2.24) is 0 Å². The van der Waals surface area contributed by atoms with Gasteiger partial charge >= 0.3 is 0 Å². The third-order valence-corrected chi connectivity index (χ3v) is 4.50. The van der Waals surface area contributed by atoms with Gasteiger partial charge < -0.3 is 9.64 Å². The number of para-hydroxylation sites is 1. The number of fused-ring (bicyclic) bond motifs is 1. The van der Waals surface area contributed by atoms with E-state index in [0.29, 0.717) is 6.42 Å². The van der Waals surface area contributed by atoms with Gasteiger partial charge in [0.2, 0.25) is 5.91 Å². The Kier molecular flexibility index (Phi) is 4.65. The van der Waals surface area contributed by atoms with E-state index in [1.54, 1.807) is 7.11 Å². The molecule has 0 fully saturated rings. The Labute approximate surface area is 137 Å². The van der Waals surface area contributed by atoms with Crippen molar-refractivity contribution in [3.05, 3.63) is 59.2 Å². The zero-order valence-electron chi connectivity index (χ0n) is 13.8. The van der Waals surface area contributed by atoms with Gasteiger partial charge in [0.25, 0.3) is 0 Å². The molecule has 1 aliphatic rings.